The molecule has 3 atom stereocenters. The molecule has 0 bridgehead atoms. The van der Waals surface area contributed by atoms with Crippen molar-refractivity contribution in [2.75, 3.05) is 59.8 Å². The van der Waals surface area contributed by atoms with Crippen LogP contribution in [0.5, 0.6) is 5.75 Å². The van der Waals surface area contributed by atoms with E-state index in [1.165, 1.54) is 25.3 Å². The van der Waals surface area contributed by atoms with Crippen molar-refractivity contribution in [2.45, 2.75) is 70.0 Å². The summed E-state index contributed by atoms with van der Waals surface area (Å²) in [5, 5.41) is 14.7. The number of benzene rings is 1. The van der Waals surface area contributed by atoms with Gasteiger partial charge in [0.25, 0.3) is 0 Å². The van der Waals surface area contributed by atoms with Crippen LogP contribution in [0.3, 0.4) is 0 Å². The maximum Gasteiger partial charge on any atom is 0.407 e. The molecule has 50 heavy (non-hydrogen) atoms. The van der Waals surface area contributed by atoms with Crippen LogP contribution in [0.15, 0.2) is 29.6 Å². The maximum atomic E-state index is 14.2. The highest BCUT2D eigenvalue weighted by atomic mass is 32.1. The lowest BCUT2D eigenvalue weighted by Crippen LogP contribution is -2.56. The summed E-state index contributed by atoms with van der Waals surface area (Å²) in [4.78, 5) is 69.8. The predicted molar refractivity (Wildman–Crippen MR) is 183 cm³/mol. The van der Waals surface area contributed by atoms with Gasteiger partial charge in [-0.3, -0.25) is 19.3 Å². The van der Waals surface area contributed by atoms with E-state index in [-0.39, 0.29) is 42.6 Å². The first kappa shape index (κ1) is 38.9. The normalized spacial score (nSPS) is 17.6. The Kier molecular flexibility index (Phi) is 15.6. The van der Waals surface area contributed by atoms with Crippen LogP contribution in [-0.2, 0) is 28.6 Å². The number of carbonyl (C=O) groups is 5. The van der Waals surface area contributed by atoms with E-state index in [0.29, 0.717) is 68.6 Å². The lowest BCUT2D eigenvalue weighted by atomic mass is 9.83. The number of rotatable bonds is 20. The summed E-state index contributed by atoms with van der Waals surface area (Å²) < 4.78 is 21.6. The number of nitrogens with zero attached hydrogens (tertiary/aromatic N) is 3. The van der Waals surface area contributed by atoms with Gasteiger partial charge in [-0.25, -0.2) is 9.78 Å². The molecule has 2 aliphatic rings. The number of ketones is 1. The average molecular weight is 717 g/mol. The third-order valence-corrected chi connectivity index (χ3v) is 9.99. The topological polar surface area (TPSA) is 174 Å². The van der Waals surface area contributed by atoms with Gasteiger partial charge in [-0.2, -0.15) is 0 Å². The van der Waals surface area contributed by atoms with Gasteiger partial charge < -0.3 is 39.1 Å². The molecule has 0 spiro atoms. The number of carbonyl (C=O) groups excluding carboxylic acids is 4. The summed E-state index contributed by atoms with van der Waals surface area (Å²) in [6.45, 7) is 4.17. The Labute approximate surface area is 296 Å². The zero-order valence-corrected chi connectivity index (χ0v) is 29.6. The summed E-state index contributed by atoms with van der Waals surface area (Å²) >= 11 is 1.33. The molecular weight excluding hydrogens is 668 g/mol. The Morgan fingerprint density at radius 1 is 1.02 bits per heavy atom. The van der Waals surface area contributed by atoms with Gasteiger partial charge in [0.05, 0.1) is 39.1 Å². The quantitative estimate of drug-likeness (QED) is 0.116. The van der Waals surface area contributed by atoms with Gasteiger partial charge in [0, 0.05) is 24.5 Å². The van der Waals surface area contributed by atoms with Crippen LogP contribution in [0.2, 0.25) is 0 Å². The molecule has 3 amide bonds. The monoisotopic (exact) mass is 716 g/mol. The first-order chi connectivity index (χ1) is 24.2. The standard InChI is InChI=1S/C35H48N4O10S/c1-24(38(2)35(44)45)32(42)37-30(25-8-4-3-5-9-25)34(43)39-13-7-12-29(39)33-36-28(23-50-33)31(41)26-10-6-11-27(22-26)49-21-20-48-19-18-47-17-16-46-15-14-40/h6,10-11,14,22-25,29-30H,3-5,7-9,12-13,15-21H2,1-2H3,(H,37,42)(H,44,45)/t24-,29-,30-/m0/s1. The Hall–Kier alpha value is -3.92. The fourth-order valence-corrected chi connectivity index (χ4v) is 7.09. The van der Waals surface area contributed by atoms with E-state index in [4.69, 9.17) is 18.9 Å². The highest BCUT2D eigenvalue weighted by molar-refractivity contribution is 7.10. The van der Waals surface area contributed by atoms with Crippen molar-refractivity contribution >= 4 is 41.3 Å². The molecule has 2 fully saturated rings. The number of hydrogen-bond acceptors (Lipinski definition) is 11. The Bertz CT molecular complexity index is 1430. The Morgan fingerprint density at radius 3 is 2.42 bits per heavy atom. The van der Waals surface area contributed by atoms with E-state index in [0.717, 1.165) is 43.4 Å². The number of ether oxygens (including phenoxy) is 4. The number of aldehydes is 1. The number of nitrogens with one attached hydrogen (secondary N) is 1. The second-order valence-corrected chi connectivity index (χ2v) is 13.3. The largest absolute Gasteiger partial charge is 0.491 e. The van der Waals surface area contributed by atoms with Gasteiger partial charge in [-0.15, -0.1) is 11.3 Å². The van der Waals surface area contributed by atoms with Crippen LogP contribution in [-0.4, -0.2) is 122 Å². The van der Waals surface area contributed by atoms with Gasteiger partial charge in [-0.05, 0) is 50.7 Å². The van der Waals surface area contributed by atoms with Crippen LogP contribution in [0.1, 0.15) is 79.0 Å². The minimum absolute atomic E-state index is 0.0432. The lowest BCUT2D eigenvalue weighted by molar-refractivity contribution is -0.140. The number of likely N-dealkylation sites (N-methyl/N-ethyl adjacent to an activating group) is 1. The zero-order valence-electron chi connectivity index (χ0n) is 28.8. The molecule has 274 valence electrons. The number of amides is 3. The minimum atomic E-state index is -1.22. The number of carboxylic acid groups (broad SMARTS) is 1. The first-order valence-electron chi connectivity index (χ1n) is 17.2. The van der Waals surface area contributed by atoms with E-state index in [1.807, 2.05) is 0 Å². The van der Waals surface area contributed by atoms with Gasteiger partial charge in [0.15, 0.2) is 0 Å². The Morgan fingerprint density at radius 2 is 1.72 bits per heavy atom. The second-order valence-electron chi connectivity index (χ2n) is 12.4. The van der Waals surface area contributed by atoms with E-state index in [9.17, 15) is 29.1 Å². The summed E-state index contributed by atoms with van der Waals surface area (Å²) in [7, 11) is 1.33. The number of aromatic nitrogens is 1. The fraction of sp³-hybridized carbons (Fsp3) is 0.600. The van der Waals surface area contributed by atoms with Crippen molar-refractivity contribution in [3.05, 3.63) is 45.9 Å². The molecule has 1 saturated carbocycles. The van der Waals surface area contributed by atoms with Crippen LogP contribution in [0.4, 0.5) is 4.79 Å². The van der Waals surface area contributed by atoms with Gasteiger partial charge >= 0.3 is 6.09 Å². The molecule has 1 aromatic carbocycles. The Balaban J connectivity index is 1.33. The molecule has 14 nitrogen and oxygen atoms in total. The molecule has 15 heteroatoms. The highest BCUT2D eigenvalue weighted by Gasteiger charge is 2.40. The molecule has 2 heterocycles. The van der Waals surface area contributed by atoms with Crippen molar-refractivity contribution in [3.63, 3.8) is 0 Å². The maximum absolute atomic E-state index is 14.2. The third-order valence-electron chi connectivity index (χ3n) is 9.05. The zero-order chi connectivity index (χ0) is 35.9. The molecule has 1 aromatic heterocycles. The van der Waals surface area contributed by atoms with Crippen molar-refractivity contribution in [2.24, 2.45) is 5.92 Å². The molecule has 0 unspecified atom stereocenters. The van der Waals surface area contributed by atoms with Gasteiger partial charge in [-0.1, -0.05) is 31.4 Å². The van der Waals surface area contributed by atoms with Gasteiger partial charge in [0.2, 0.25) is 17.6 Å². The number of likely N-dealkylation sites (tertiary alicyclic amines) is 1. The first-order valence-corrected chi connectivity index (χ1v) is 18.1. The molecule has 1 saturated heterocycles. The molecule has 2 N–H and O–H groups in total. The fourth-order valence-electron chi connectivity index (χ4n) is 6.14. The summed E-state index contributed by atoms with van der Waals surface area (Å²) in [5.74, 6) is -0.481. The number of thiazole rings is 1. The minimum Gasteiger partial charge on any atom is -0.491 e. The van der Waals surface area contributed by atoms with Crippen LogP contribution < -0.4 is 10.1 Å². The number of hydrogen-bond donors (Lipinski definition) is 2. The molecule has 4 rings (SSSR count). The molecule has 1 aliphatic carbocycles. The SMILES string of the molecule is C[C@@H](C(=O)N[C@H](C(=O)N1CCC[C@H]1c1nc(C(=O)c2cccc(OCCOCCOCCOCC=O)c2)cs1)C1CCCCC1)N(C)C(=O)O. The third kappa shape index (κ3) is 11.0. The smallest absolute Gasteiger partial charge is 0.407 e. The molecule has 1 aliphatic heterocycles. The van der Waals surface area contributed by atoms with Crippen molar-refractivity contribution in [1.82, 2.24) is 20.1 Å². The average Bonchev–Trinajstić information content (AvgIpc) is 3.83. The molecular formula is C35H48N4O10S. The van der Waals surface area contributed by atoms with E-state index >= 15 is 0 Å². The second kappa shape index (κ2) is 20.1. The summed E-state index contributed by atoms with van der Waals surface area (Å²) in [5.41, 5.74) is 0.703. The van der Waals surface area contributed by atoms with E-state index in [2.05, 4.69) is 10.3 Å². The van der Waals surface area contributed by atoms with Crippen molar-refractivity contribution in [1.29, 1.82) is 0 Å². The van der Waals surface area contributed by atoms with E-state index < -0.39 is 24.1 Å². The van der Waals surface area contributed by atoms with Crippen molar-refractivity contribution < 1.29 is 48.0 Å². The van der Waals surface area contributed by atoms with Crippen molar-refractivity contribution in [3.8, 4) is 5.75 Å². The van der Waals surface area contributed by atoms with E-state index in [1.54, 1.807) is 34.5 Å². The molecule has 0 radical (unpaired) electrons. The van der Waals surface area contributed by atoms with Crippen LogP contribution in [0, 0.1) is 5.92 Å². The van der Waals surface area contributed by atoms with Crippen LogP contribution >= 0.6 is 11.3 Å². The van der Waals surface area contributed by atoms with Gasteiger partial charge in [0.1, 0.15) is 48.0 Å². The summed E-state index contributed by atoms with van der Waals surface area (Å²) in [6.07, 6.45) is 5.53. The van der Waals surface area contributed by atoms with Crippen LogP contribution in [0.25, 0.3) is 0 Å². The predicted octanol–water partition coefficient (Wildman–Crippen LogP) is 3.73. The highest BCUT2D eigenvalue weighted by Crippen LogP contribution is 2.36. The summed E-state index contributed by atoms with van der Waals surface area (Å²) in [6, 6.07) is 4.81. The molecule has 2 aromatic rings. The lowest BCUT2D eigenvalue weighted by Gasteiger charge is -2.35.